The van der Waals surface area contributed by atoms with Gasteiger partial charge in [0, 0.05) is 0 Å². The zero-order valence-electron chi connectivity index (χ0n) is 4.15. The Hall–Kier alpha value is -0.990. The topological polar surface area (TPSA) is 55.9 Å². The smallest absolute Gasteiger partial charge is 0.286 e. The van der Waals surface area contributed by atoms with E-state index in [1.807, 2.05) is 13.0 Å². The van der Waals surface area contributed by atoms with E-state index in [0.717, 1.165) is 5.69 Å². The van der Waals surface area contributed by atoms with E-state index in [9.17, 15) is 0 Å². The summed E-state index contributed by atoms with van der Waals surface area (Å²) in [6.07, 6.45) is 0. The molecule has 0 saturated heterocycles. The van der Waals surface area contributed by atoms with Gasteiger partial charge in [-0.3, -0.25) is 5.73 Å². The Labute approximate surface area is 41.5 Å². The summed E-state index contributed by atoms with van der Waals surface area (Å²) >= 11 is 0. The van der Waals surface area contributed by atoms with Crippen LogP contribution in [0, 0.1) is 6.92 Å². The number of aromatic amines is 2. The number of aryl methyl sites for hydroxylation is 1. The Morgan fingerprint density at radius 1 is 1.86 bits per heavy atom. The first-order valence-electron chi connectivity index (χ1n) is 2.12. The number of nitrogen functional groups attached to an aromatic ring is 1. The van der Waals surface area contributed by atoms with Crippen LogP contribution in [0.5, 0.6) is 0 Å². The molecular formula is C4H8N3+. The molecular weight excluding hydrogens is 90.1 g/mol. The molecule has 0 amide bonds. The Morgan fingerprint density at radius 2 is 2.57 bits per heavy atom. The van der Waals surface area contributed by atoms with Gasteiger partial charge in [0.05, 0.1) is 11.8 Å². The third-order valence-electron chi connectivity index (χ3n) is 0.776. The number of hydrogen-bond donors (Lipinski definition) is 2. The molecule has 0 aliphatic rings. The maximum Gasteiger partial charge on any atom is 0.290 e. The molecule has 4 N–H and O–H groups in total. The number of aromatic nitrogens is 2. The fraction of sp³-hybridized carbons (Fsp3) is 0.250. The Bertz CT molecular complexity index is 139. The van der Waals surface area contributed by atoms with Crippen molar-refractivity contribution in [1.29, 1.82) is 0 Å². The normalized spacial score (nSPS) is 9.29. The van der Waals surface area contributed by atoms with Gasteiger partial charge in [-0.2, -0.15) is 5.10 Å². The van der Waals surface area contributed by atoms with Crippen LogP contribution in [0.2, 0.25) is 0 Å². The maximum atomic E-state index is 5.29. The van der Waals surface area contributed by atoms with Crippen LogP contribution in [0.3, 0.4) is 0 Å². The van der Waals surface area contributed by atoms with Gasteiger partial charge in [0.25, 0.3) is 5.82 Å². The molecule has 0 aliphatic carbocycles. The van der Waals surface area contributed by atoms with Gasteiger partial charge in [-0.15, -0.1) is 0 Å². The lowest BCUT2D eigenvalue weighted by Crippen LogP contribution is -2.06. The average Bonchev–Trinajstić information content (AvgIpc) is 1.87. The van der Waals surface area contributed by atoms with Crippen LogP contribution in [-0.2, 0) is 0 Å². The monoisotopic (exact) mass is 98.1 g/mol. The van der Waals surface area contributed by atoms with E-state index in [-0.39, 0.29) is 0 Å². The summed E-state index contributed by atoms with van der Waals surface area (Å²) in [5.74, 6) is 0.678. The first kappa shape index (κ1) is 4.18. The molecule has 1 aromatic heterocycles. The fourth-order valence-corrected chi connectivity index (χ4v) is 0.476. The second-order valence-corrected chi connectivity index (χ2v) is 1.53. The molecule has 3 nitrogen and oxygen atoms in total. The summed E-state index contributed by atoms with van der Waals surface area (Å²) in [4.78, 5) is 0. The van der Waals surface area contributed by atoms with E-state index < -0.39 is 0 Å². The molecule has 0 fully saturated rings. The standard InChI is InChI=1S/C4H7N3/c1-3-2-4(5)7-6-3/h2H,1H3,(H3,5,6,7)/p+1. The predicted octanol–water partition coefficient (Wildman–Crippen LogP) is -0.281. The summed E-state index contributed by atoms with van der Waals surface area (Å²) in [5, 5.41) is 5.54. The van der Waals surface area contributed by atoms with Crippen molar-refractivity contribution in [2.45, 2.75) is 6.92 Å². The molecule has 0 spiro atoms. The average molecular weight is 98.1 g/mol. The second-order valence-electron chi connectivity index (χ2n) is 1.53. The van der Waals surface area contributed by atoms with E-state index in [2.05, 4.69) is 10.2 Å². The first-order valence-corrected chi connectivity index (χ1v) is 2.12. The van der Waals surface area contributed by atoms with Gasteiger partial charge in [0.15, 0.2) is 0 Å². The molecule has 7 heavy (non-hydrogen) atoms. The molecule has 0 bridgehead atoms. The van der Waals surface area contributed by atoms with Gasteiger partial charge < -0.3 is 0 Å². The van der Waals surface area contributed by atoms with E-state index in [1.54, 1.807) is 0 Å². The number of hydrogen-bond acceptors (Lipinski definition) is 1. The number of anilines is 1. The largest absolute Gasteiger partial charge is 0.290 e. The van der Waals surface area contributed by atoms with Crippen LogP contribution in [-0.4, -0.2) is 5.10 Å². The van der Waals surface area contributed by atoms with Gasteiger partial charge in [0.1, 0.15) is 0 Å². The zero-order valence-corrected chi connectivity index (χ0v) is 4.15. The Kier molecular flexibility index (Phi) is 0.749. The fourth-order valence-electron chi connectivity index (χ4n) is 0.476. The summed E-state index contributed by atoms with van der Waals surface area (Å²) < 4.78 is 0. The Morgan fingerprint density at radius 3 is 2.71 bits per heavy atom. The molecule has 1 heterocycles. The van der Waals surface area contributed by atoms with Gasteiger partial charge in [-0.25, -0.2) is 5.10 Å². The lowest BCUT2D eigenvalue weighted by atomic mass is 10.5. The van der Waals surface area contributed by atoms with E-state index in [0.29, 0.717) is 5.82 Å². The van der Waals surface area contributed by atoms with Crippen molar-refractivity contribution in [2.75, 3.05) is 5.73 Å². The maximum absolute atomic E-state index is 5.29. The summed E-state index contributed by atoms with van der Waals surface area (Å²) in [7, 11) is 0. The van der Waals surface area contributed by atoms with E-state index >= 15 is 0 Å². The summed E-state index contributed by atoms with van der Waals surface area (Å²) in [6, 6.07) is 1.83. The molecule has 1 rings (SSSR count). The highest BCUT2D eigenvalue weighted by Crippen LogP contribution is 1.90. The van der Waals surface area contributed by atoms with Crippen molar-refractivity contribution < 1.29 is 5.10 Å². The molecule has 0 saturated carbocycles. The molecule has 0 aromatic carbocycles. The van der Waals surface area contributed by atoms with Crippen LogP contribution >= 0.6 is 0 Å². The molecule has 0 atom stereocenters. The molecule has 1 aromatic rings. The number of nitrogens with one attached hydrogen (secondary N) is 2. The van der Waals surface area contributed by atoms with Crippen molar-refractivity contribution in [3.63, 3.8) is 0 Å². The number of H-pyrrole nitrogens is 2. The van der Waals surface area contributed by atoms with Gasteiger partial charge in [-0.1, -0.05) is 0 Å². The highest BCUT2D eigenvalue weighted by atomic mass is 15.1. The van der Waals surface area contributed by atoms with Crippen LogP contribution in [0.25, 0.3) is 0 Å². The minimum atomic E-state index is 0.678. The highest BCUT2D eigenvalue weighted by molar-refractivity contribution is 5.20. The minimum absolute atomic E-state index is 0.678. The summed E-state index contributed by atoms with van der Waals surface area (Å²) in [6.45, 7) is 1.94. The lowest BCUT2D eigenvalue weighted by Gasteiger charge is -1.65. The third kappa shape index (κ3) is 0.707. The minimum Gasteiger partial charge on any atom is -0.286 e. The Balaban J connectivity index is 3.04. The van der Waals surface area contributed by atoms with Gasteiger partial charge in [-0.05, 0) is 6.92 Å². The molecule has 0 aliphatic heterocycles. The highest BCUT2D eigenvalue weighted by Gasteiger charge is 1.91. The van der Waals surface area contributed by atoms with Crippen LogP contribution in [0.4, 0.5) is 5.82 Å². The van der Waals surface area contributed by atoms with E-state index in [4.69, 9.17) is 5.73 Å². The van der Waals surface area contributed by atoms with Crippen molar-refractivity contribution >= 4 is 5.82 Å². The first-order chi connectivity index (χ1) is 3.29. The van der Waals surface area contributed by atoms with Crippen LogP contribution < -0.4 is 10.8 Å². The van der Waals surface area contributed by atoms with Crippen molar-refractivity contribution in [2.24, 2.45) is 0 Å². The molecule has 3 heteroatoms. The predicted molar refractivity (Wildman–Crippen MR) is 26.5 cm³/mol. The van der Waals surface area contributed by atoms with Gasteiger partial charge >= 0.3 is 0 Å². The third-order valence-corrected chi connectivity index (χ3v) is 0.776. The number of nitrogens with two attached hydrogens (primary N) is 1. The van der Waals surface area contributed by atoms with Gasteiger partial charge in [0.2, 0.25) is 0 Å². The van der Waals surface area contributed by atoms with Crippen molar-refractivity contribution in [3.8, 4) is 0 Å². The van der Waals surface area contributed by atoms with Crippen molar-refractivity contribution in [1.82, 2.24) is 5.10 Å². The van der Waals surface area contributed by atoms with Crippen LogP contribution in [0.1, 0.15) is 5.69 Å². The van der Waals surface area contributed by atoms with Crippen molar-refractivity contribution in [3.05, 3.63) is 11.8 Å². The summed E-state index contributed by atoms with van der Waals surface area (Å²) in [5.41, 5.74) is 6.35. The SMILES string of the molecule is Cc1cc(N)[nH+][nH]1. The lowest BCUT2D eigenvalue weighted by molar-refractivity contribution is -0.433. The zero-order chi connectivity index (χ0) is 5.28. The molecule has 0 radical (unpaired) electrons. The van der Waals surface area contributed by atoms with E-state index in [1.165, 1.54) is 0 Å². The second kappa shape index (κ2) is 1.26. The molecule has 0 unspecified atom stereocenters. The van der Waals surface area contributed by atoms with Crippen LogP contribution in [0.15, 0.2) is 6.07 Å². The molecule has 38 valence electrons. The quantitative estimate of drug-likeness (QED) is 0.460. The number of rotatable bonds is 0.